The average Bonchev–Trinajstić information content (AvgIpc) is 3.56. The van der Waals surface area contributed by atoms with Crippen LogP contribution in [0.5, 0.6) is 0 Å². The molecule has 180 valence electrons. The van der Waals surface area contributed by atoms with E-state index in [0.29, 0.717) is 30.6 Å². The first-order valence-corrected chi connectivity index (χ1v) is 11.4. The van der Waals surface area contributed by atoms with Crippen LogP contribution in [0, 0.1) is 15.9 Å². The monoisotopic (exact) mass is 498 g/mol. The number of aliphatic imine (C=N–C) groups is 1. The van der Waals surface area contributed by atoms with Crippen LogP contribution in [-0.2, 0) is 0 Å². The summed E-state index contributed by atoms with van der Waals surface area (Å²) < 4.78 is 16.9. The molecule has 1 aliphatic carbocycles. The van der Waals surface area contributed by atoms with Gasteiger partial charge in [0.25, 0.3) is 5.69 Å². The number of hydrogen-bond acceptors (Lipinski definition) is 6. The van der Waals surface area contributed by atoms with Crippen LogP contribution in [0.25, 0.3) is 10.9 Å². The summed E-state index contributed by atoms with van der Waals surface area (Å²) in [6.45, 7) is 0.842. The van der Waals surface area contributed by atoms with Gasteiger partial charge in [-0.05, 0) is 30.9 Å². The van der Waals surface area contributed by atoms with E-state index in [9.17, 15) is 24.8 Å². The molecular weight excluding hydrogens is 479 g/mol. The minimum Gasteiger partial charge on any atom is -0.477 e. The van der Waals surface area contributed by atoms with Gasteiger partial charge >= 0.3 is 5.97 Å². The van der Waals surface area contributed by atoms with Crippen LogP contribution in [-0.4, -0.2) is 45.9 Å². The highest BCUT2D eigenvalue weighted by molar-refractivity contribution is 6.38. The van der Waals surface area contributed by atoms with Gasteiger partial charge in [0.1, 0.15) is 11.4 Å². The first kappa shape index (κ1) is 23.0. The maximum atomic E-state index is 15.3. The fraction of sp³-hybridized carbons (Fsp3) is 0.292. The summed E-state index contributed by atoms with van der Waals surface area (Å²) in [6.07, 6.45) is 5.12. The van der Waals surface area contributed by atoms with E-state index in [-0.39, 0.29) is 33.9 Å². The predicted octanol–water partition coefficient (Wildman–Crippen LogP) is 4.43. The van der Waals surface area contributed by atoms with Gasteiger partial charge in [-0.25, -0.2) is 9.18 Å². The van der Waals surface area contributed by atoms with E-state index in [0.717, 1.165) is 18.9 Å². The molecule has 1 N–H and O–H groups in total. The van der Waals surface area contributed by atoms with Gasteiger partial charge < -0.3 is 14.6 Å². The van der Waals surface area contributed by atoms with Crippen LogP contribution in [0.4, 0.5) is 15.8 Å². The number of nitro benzene ring substituents is 1. The Morgan fingerprint density at radius 2 is 2.06 bits per heavy atom. The van der Waals surface area contributed by atoms with Crippen molar-refractivity contribution < 1.29 is 19.2 Å². The maximum Gasteiger partial charge on any atom is 0.341 e. The number of fused-ring (bicyclic) bond motifs is 1. The third-order valence-corrected chi connectivity index (χ3v) is 6.71. The lowest BCUT2D eigenvalue weighted by molar-refractivity contribution is -0.384. The molecular formula is C24H20ClFN4O5. The normalized spacial score (nSPS) is 18.0. The molecule has 3 aromatic rings. The zero-order valence-corrected chi connectivity index (χ0v) is 19.1. The molecule has 1 atom stereocenters. The van der Waals surface area contributed by atoms with E-state index in [1.807, 2.05) is 0 Å². The van der Waals surface area contributed by atoms with Crippen molar-refractivity contribution in [1.82, 2.24) is 4.57 Å². The van der Waals surface area contributed by atoms with Gasteiger partial charge in [0.05, 0.1) is 32.6 Å². The minimum absolute atomic E-state index is 0.0119. The second-order valence-corrected chi connectivity index (χ2v) is 9.13. The van der Waals surface area contributed by atoms with Crippen molar-refractivity contribution in [2.24, 2.45) is 4.99 Å². The number of rotatable bonds is 6. The van der Waals surface area contributed by atoms with Gasteiger partial charge in [-0.2, -0.15) is 0 Å². The predicted molar refractivity (Wildman–Crippen MR) is 130 cm³/mol. The Labute approximate surface area is 203 Å². The van der Waals surface area contributed by atoms with Crippen molar-refractivity contribution in [3.8, 4) is 0 Å². The lowest BCUT2D eigenvalue weighted by Crippen LogP contribution is -2.24. The van der Waals surface area contributed by atoms with Crippen molar-refractivity contribution in [3.63, 3.8) is 0 Å². The molecule has 5 rings (SSSR count). The van der Waals surface area contributed by atoms with Crippen LogP contribution in [0.1, 0.15) is 41.2 Å². The van der Waals surface area contributed by atoms with Crippen molar-refractivity contribution in [3.05, 3.63) is 78.8 Å². The molecule has 0 amide bonds. The number of anilines is 1. The van der Waals surface area contributed by atoms with E-state index in [1.165, 1.54) is 18.3 Å². The SMILES string of the molecule is O=C(O)c1cn(C2CC2)c2c(Cl)c(N3CC[C@H](/N=C/c4cccc([N+](=O)[O-])c4)C3)c(F)cc2c1=O. The van der Waals surface area contributed by atoms with Gasteiger partial charge in [0.2, 0.25) is 5.43 Å². The smallest absolute Gasteiger partial charge is 0.341 e. The molecule has 9 nitrogen and oxygen atoms in total. The Bertz CT molecular complexity index is 1470. The van der Waals surface area contributed by atoms with Crippen molar-refractivity contribution in [2.45, 2.75) is 31.3 Å². The summed E-state index contributed by atoms with van der Waals surface area (Å²) in [4.78, 5) is 41.1. The zero-order valence-electron chi connectivity index (χ0n) is 18.4. The number of benzene rings is 2. The molecule has 0 bridgehead atoms. The van der Waals surface area contributed by atoms with Crippen LogP contribution >= 0.6 is 11.6 Å². The highest BCUT2D eigenvalue weighted by atomic mass is 35.5. The van der Waals surface area contributed by atoms with Gasteiger partial charge in [0, 0.05) is 43.7 Å². The molecule has 35 heavy (non-hydrogen) atoms. The van der Waals surface area contributed by atoms with E-state index >= 15 is 4.39 Å². The Kier molecular flexibility index (Phi) is 5.76. The Morgan fingerprint density at radius 1 is 1.29 bits per heavy atom. The summed E-state index contributed by atoms with van der Waals surface area (Å²) in [6, 6.07) is 7.03. The Balaban J connectivity index is 1.48. The lowest BCUT2D eigenvalue weighted by atomic mass is 10.1. The number of carbonyl (C=O) groups is 1. The van der Waals surface area contributed by atoms with Gasteiger partial charge in [-0.3, -0.25) is 19.9 Å². The Hall–Kier alpha value is -3.79. The molecule has 11 heteroatoms. The van der Waals surface area contributed by atoms with Gasteiger partial charge in [0.15, 0.2) is 0 Å². The van der Waals surface area contributed by atoms with Crippen molar-refractivity contribution >= 4 is 46.1 Å². The minimum atomic E-state index is -1.36. The fourth-order valence-corrected chi connectivity index (χ4v) is 4.90. The summed E-state index contributed by atoms with van der Waals surface area (Å²) in [5, 5.41) is 20.4. The number of pyridine rings is 1. The third-order valence-electron chi connectivity index (χ3n) is 6.35. The van der Waals surface area contributed by atoms with Crippen LogP contribution in [0.2, 0.25) is 5.02 Å². The topological polar surface area (TPSA) is 118 Å². The van der Waals surface area contributed by atoms with Crippen LogP contribution in [0.3, 0.4) is 0 Å². The number of aromatic nitrogens is 1. The van der Waals surface area contributed by atoms with Gasteiger partial charge in [-0.1, -0.05) is 23.7 Å². The number of hydrogen-bond donors (Lipinski definition) is 1. The summed E-state index contributed by atoms with van der Waals surface area (Å²) in [5.41, 5.74) is -0.120. The van der Waals surface area contributed by atoms with E-state index < -0.39 is 27.7 Å². The van der Waals surface area contributed by atoms with Crippen LogP contribution in [0.15, 0.2) is 46.3 Å². The second kappa shape index (κ2) is 8.77. The molecule has 1 saturated carbocycles. The molecule has 2 heterocycles. The van der Waals surface area contributed by atoms with E-state index in [1.54, 1.807) is 27.8 Å². The van der Waals surface area contributed by atoms with Crippen LogP contribution < -0.4 is 10.3 Å². The number of halogens is 2. The van der Waals surface area contributed by atoms with E-state index in [2.05, 4.69) is 4.99 Å². The number of carboxylic acids is 1. The quantitative estimate of drug-likeness (QED) is 0.305. The Morgan fingerprint density at radius 3 is 2.74 bits per heavy atom. The molecule has 1 aliphatic heterocycles. The molecule has 1 saturated heterocycles. The number of non-ortho nitro benzene ring substituents is 1. The average molecular weight is 499 g/mol. The van der Waals surface area contributed by atoms with Crippen molar-refractivity contribution in [1.29, 1.82) is 0 Å². The molecule has 2 aliphatic rings. The highest BCUT2D eigenvalue weighted by Gasteiger charge is 2.32. The molecule has 2 aromatic carbocycles. The third kappa shape index (κ3) is 4.25. The van der Waals surface area contributed by atoms with Crippen molar-refractivity contribution in [2.75, 3.05) is 18.0 Å². The molecule has 1 aromatic heterocycles. The fourth-order valence-electron chi connectivity index (χ4n) is 4.49. The standard InChI is InChI=1S/C24H20ClFN4O5/c25-20-21-17(23(31)18(24(32)33)12-29(21)15-4-5-15)9-19(26)22(20)28-7-6-14(11-28)27-10-13-2-1-3-16(8-13)30(34)35/h1-3,8-10,12,14-15H,4-7,11H2,(H,32,33)/b27-10+/t14-/m0/s1. The summed E-state index contributed by atoms with van der Waals surface area (Å²) in [5.74, 6) is -2.07. The number of aromatic carboxylic acids is 1. The van der Waals surface area contributed by atoms with E-state index in [4.69, 9.17) is 11.6 Å². The summed E-state index contributed by atoms with van der Waals surface area (Å²) >= 11 is 6.68. The second-order valence-electron chi connectivity index (χ2n) is 8.75. The molecule has 0 spiro atoms. The largest absolute Gasteiger partial charge is 0.477 e. The maximum absolute atomic E-state index is 15.3. The highest BCUT2D eigenvalue weighted by Crippen LogP contribution is 2.42. The first-order chi connectivity index (χ1) is 16.7. The summed E-state index contributed by atoms with van der Waals surface area (Å²) in [7, 11) is 0. The first-order valence-electron chi connectivity index (χ1n) is 11.1. The number of nitrogens with zero attached hydrogens (tertiary/aromatic N) is 4. The number of carboxylic acid groups (broad SMARTS) is 1. The molecule has 0 unspecified atom stereocenters. The molecule has 0 radical (unpaired) electrons. The molecule has 2 fully saturated rings. The van der Waals surface area contributed by atoms with Gasteiger partial charge in [-0.15, -0.1) is 0 Å². The lowest BCUT2D eigenvalue weighted by Gasteiger charge is -2.23. The number of nitro groups is 1. The zero-order chi connectivity index (χ0) is 24.9.